The van der Waals surface area contributed by atoms with Gasteiger partial charge in [0.2, 0.25) is 0 Å². The zero-order valence-electron chi connectivity index (χ0n) is 67.7. The van der Waals surface area contributed by atoms with Gasteiger partial charge in [0.25, 0.3) is 0 Å². The van der Waals surface area contributed by atoms with Crippen molar-refractivity contribution in [2.75, 3.05) is 19.8 Å². The Balaban J connectivity index is 0.000000213. The van der Waals surface area contributed by atoms with E-state index in [1.807, 2.05) is 216 Å². The smallest absolute Gasteiger partial charge is 0.407 e. The summed E-state index contributed by atoms with van der Waals surface area (Å²) in [6.45, 7) is 28.1. The molecule has 0 fully saturated rings. The number of hydrogen-bond acceptors (Lipinski definition) is 11. The first-order valence-electron chi connectivity index (χ1n) is 38.9. The molecule has 10 aromatic rings. The van der Waals surface area contributed by atoms with E-state index in [9.17, 15) is 28.8 Å². The van der Waals surface area contributed by atoms with Gasteiger partial charge in [0.15, 0.2) is 5.60 Å². The van der Waals surface area contributed by atoms with Gasteiger partial charge in [-0.2, -0.15) is 0 Å². The van der Waals surface area contributed by atoms with Crippen LogP contribution in [0, 0.1) is 19.3 Å². The number of ether oxygens (including phenoxy) is 4. The lowest BCUT2D eigenvalue weighted by atomic mass is 9.79. The molecule has 0 radical (unpaired) electrons. The topological polar surface area (TPSA) is 201 Å². The summed E-state index contributed by atoms with van der Waals surface area (Å²) < 4.78 is 22.5. The molecule has 2 unspecified atom stereocenters. The number of fused-ring (bicyclic) bond motifs is 6. The van der Waals surface area contributed by atoms with Crippen LogP contribution in [-0.2, 0) is 48.6 Å². The highest BCUT2D eigenvalue weighted by Crippen LogP contribution is 2.49. The number of carboxylic acids is 1. The van der Waals surface area contributed by atoms with Crippen LogP contribution in [0.15, 0.2) is 255 Å². The lowest BCUT2D eigenvalue weighted by Crippen LogP contribution is -2.46. The van der Waals surface area contributed by atoms with Crippen LogP contribution in [0.4, 0.5) is 9.59 Å². The second-order valence-electron chi connectivity index (χ2n) is 31.2. The molecule has 4 N–H and O–H groups in total. The molecule has 0 saturated carbocycles. The van der Waals surface area contributed by atoms with E-state index in [1.54, 1.807) is 26.8 Å². The number of alkyl halides is 1. The van der Waals surface area contributed by atoms with Crippen LogP contribution in [0.1, 0.15) is 193 Å². The molecule has 598 valence electrons. The molecular weight excluding hydrogens is 1490 g/mol. The predicted molar refractivity (Wildman–Crippen MR) is 459 cm³/mol. The van der Waals surface area contributed by atoms with E-state index < -0.39 is 46.2 Å². The largest absolute Gasteiger partial charge is 0.481 e. The summed E-state index contributed by atoms with van der Waals surface area (Å²) in [5.41, 5.74) is 19.1. The number of halogens is 3. The average Bonchev–Trinajstić information content (AvgIpc) is 1.06. The Labute approximate surface area is 688 Å². The fourth-order valence-electron chi connectivity index (χ4n) is 14.5. The number of alkyl carbamates (subject to hydrolysis) is 1. The minimum atomic E-state index is -1.49. The van der Waals surface area contributed by atoms with Gasteiger partial charge in [0, 0.05) is 81.9 Å². The number of esters is 2. The molecule has 0 aromatic heterocycles. The molecule has 0 aliphatic heterocycles. The van der Waals surface area contributed by atoms with Gasteiger partial charge in [-0.15, -0.1) is 11.6 Å². The fraction of sp³-hybridized carbons (Fsp3) is 0.320. The molecule has 2 aliphatic rings. The number of carbonyl (C=O) groups is 6. The lowest BCUT2D eigenvalue weighted by molar-refractivity contribution is -0.157. The average molecular weight is 1600 g/mol. The van der Waals surface area contributed by atoms with Gasteiger partial charge in [-0.05, 0) is 155 Å². The Morgan fingerprint density at radius 3 is 1.27 bits per heavy atom. The Morgan fingerprint density at radius 1 is 0.482 bits per heavy atom. The number of primary amides is 1. The van der Waals surface area contributed by atoms with E-state index in [-0.39, 0.29) is 61.3 Å². The van der Waals surface area contributed by atoms with Crippen molar-refractivity contribution in [1.29, 1.82) is 0 Å². The first-order chi connectivity index (χ1) is 54.3. The van der Waals surface area contributed by atoms with Gasteiger partial charge in [0.05, 0.1) is 0 Å². The standard InChI is InChI=1S/C45H44ClNO5.C20H16Cl2.C15H13NO2.C9H16O4.C8H19N/c1-30-22-24-32(25-23-30)45(31-14-6-5-7-15-31,39-20-12-13-21-40(39)46)52-42(49)41(27-26-33(48)28-44(2,3)4)47-43(50)51-29-38-36-18-10-8-16-34(36)35-17-9-11-19-37(35)38;1-15-11-13-17(14-12-15)20(22,16-7-3-2-4-8-16)18-9-5-6-10-19(18)21;16-15(17)18-9-14-12-7-3-1-5-10(12)11-6-2-4-8-13(11)14;1-9(2,3)13-8(12)6-4-5-7(10)11;1-6-9(7(2)3)8(4)5/h5-25,38,41H,26-29H2,1-4H3,(H,47,50);2-14H,1H3;1-8,14H,9H2,(H2,16,17);4-6H2,1-3H3,(H,10,11);7-8H,6H2,1-5H3/t41-,45?;;;;/m0..../s1. The molecule has 0 bridgehead atoms. The lowest BCUT2D eigenvalue weighted by Gasteiger charge is -2.37. The zero-order valence-corrected chi connectivity index (χ0v) is 70.0. The Morgan fingerprint density at radius 2 is 0.868 bits per heavy atom. The fourth-order valence-corrected chi connectivity index (χ4v) is 15.5. The summed E-state index contributed by atoms with van der Waals surface area (Å²) >= 11 is 20.5. The van der Waals surface area contributed by atoms with E-state index in [1.165, 1.54) is 27.8 Å². The molecule has 14 nitrogen and oxygen atoms in total. The summed E-state index contributed by atoms with van der Waals surface area (Å²) in [5.74, 6) is -2.04. The quantitative estimate of drug-likeness (QED) is 0.0224. The predicted octanol–water partition coefficient (Wildman–Crippen LogP) is 23.0. The zero-order chi connectivity index (χ0) is 82.9. The Hall–Kier alpha value is -10.4. The number of nitrogens with zero attached hydrogens (tertiary/aromatic N) is 1. The summed E-state index contributed by atoms with van der Waals surface area (Å²) in [6.07, 6.45) is -0.555. The van der Waals surface area contributed by atoms with Crippen LogP contribution in [0.3, 0.4) is 0 Å². The third-order valence-electron chi connectivity index (χ3n) is 19.6. The first-order valence-corrected chi connectivity index (χ1v) is 40.0. The van der Waals surface area contributed by atoms with Crippen molar-refractivity contribution in [3.8, 4) is 22.3 Å². The molecule has 2 amide bonds. The van der Waals surface area contributed by atoms with Crippen molar-refractivity contribution < 1.29 is 52.8 Å². The van der Waals surface area contributed by atoms with Crippen LogP contribution in [0.2, 0.25) is 10.0 Å². The molecule has 12 rings (SSSR count). The van der Waals surface area contributed by atoms with E-state index >= 15 is 0 Å². The van der Waals surface area contributed by atoms with Crippen molar-refractivity contribution >= 4 is 70.7 Å². The summed E-state index contributed by atoms with van der Waals surface area (Å²) in [6, 6.07) is 83.3. The maximum atomic E-state index is 14.6. The van der Waals surface area contributed by atoms with Crippen molar-refractivity contribution in [2.24, 2.45) is 11.1 Å². The number of amides is 2. The number of carboxylic acid groups (broad SMARTS) is 1. The van der Waals surface area contributed by atoms with Crippen molar-refractivity contribution in [2.45, 2.75) is 175 Å². The number of rotatable bonds is 24. The highest BCUT2D eigenvalue weighted by molar-refractivity contribution is 6.35. The van der Waals surface area contributed by atoms with Crippen LogP contribution < -0.4 is 11.1 Å². The second kappa shape index (κ2) is 41.6. The molecular formula is C97H108Cl3N3O11. The van der Waals surface area contributed by atoms with Crippen molar-refractivity contribution in [1.82, 2.24) is 10.2 Å². The highest BCUT2D eigenvalue weighted by Gasteiger charge is 2.44. The van der Waals surface area contributed by atoms with Gasteiger partial charge < -0.3 is 35.1 Å². The normalized spacial score (nSPS) is 13.3. The number of hydrogen-bond donors (Lipinski definition) is 3. The van der Waals surface area contributed by atoms with Crippen LogP contribution >= 0.6 is 34.8 Å². The summed E-state index contributed by atoms with van der Waals surface area (Å²) in [7, 11) is 0. The third-order valence-corrected chi connectivity index (χ3v) is 20.9. The third kappa shape index (κ3) is 24.3. The summed E-state index contributed by atoms with van der Waals surface area (Å²) in [5, 5.41) is 12.2. The number of nitrogens with two attached hydrogens (primary N) is 1. The molecule has 114 heavy (non-hydrogen) atoms. The molecule has 17 heteroatoms. The monoisotopic (exact) mass is 1600 g/mol. The minimum absolute atomic E-state index is 0.0131. The Bertz CT molecular complexity index is 4730. The van der Waals surface area contributed by atoms with Crippen molar-refractivity contribution in [3.63, 3.8) is 0 Å². The molecule has 0 heterocycles. The highest BCUT2D eigenvalue weighted by atomic mass is 35.5. The number of aliphatic carboxylic acids is 1. The number of carbonyl (C=O) groups excluding carboxylic acids is 5. The molecule has 10 aromatic carbocycles. The van der Waals surface area contributed by atoms with Crippen LogP contribution in [0.5, 0.6) is 0 Å². The maximum absolute atomic E-state index is 14.6. The number of nitrogens with one attached hydrogen (secondary N) is 1. The van der Waals surface area contributed by atoms with Crippen molar-refractivity contribution in [3.05, 3.63) is 332 Å². The van der Waals surface area contributed by atoms with Gasteiger partial charge in [-0.1, -0.05) is 305 Å². The van der Waals surface area contributed by atoms with Gasteiger partial charge >= 0.3 is 30.1 Å². The number of ketones is 1. The molecule has 2 aliphatic carbocycles. The molecule has 0 saturated heterocycles. The molecule has 0 spiro atoms. The van der Waals surface area contributed by atoms with E-state index in [0.29, 0.717) is 58.3 Å². The number of Topliss-reactive ketones (excluding diaryl/α,β-unsaturated/α-hetero) is 1. The van der Waals surface area contributed by atoms with Crippen LogP contribution in [0.25, 0.3) is 22.3 Å². The van der Waals surface area contributed by atoms with Gasteiger partial charge in [-0.3, -0.25) is 19.3 Å². The van der Waals surface area contributed by atoms with E-state index in [2.05, 4.69) is 112 Å². The molecule has 3 atom stereocenters. The van der Waals surface area contributed by atoms with Gasteiger partial charge in [-0.25, -0.2) is 14.4 Å². The Kier molecular flexibility index (Phi) is 32.6. The van der Waals surface area contributed by atoms with Gasteiger partial charge in [0.1, 0.15) is 35.5 Å². The summed E-state index contributed by atoms with van der Waals surface area (Å²) in [4.78, 5) is 75.0. The van der Waals surface area contributed by atoms with Crippen LogP contribution in [-0.4, -0.2) is 89.4 Å². The first kappa shape index (κ1) is 89.2. The van der Waals surface area contributed by atoms with E-state index in [0.717, 1.165) is 51.1 Å². The van der Waals surface area contributed by atoms with E-state index in [4.69, 9.17) is 64.6 Å². The maximum Gasteiger partial charge on any atom is 0.407 e. The minimum Gasteiger partial charge on any atom is -0.481 e. The second-order valence-corrected chi connectivity index (χ2v) is 32.6. The SMILES string of the molecule is CC(C)(C)OC(=O)CCCC(=O)O.CCN(C(C)C)C(C)C.Cc1ccc(C(Cl)(c2ccccc2)c2ccccc2Cl)cc1.Cc1ccc(C(OC(=O)[C@H](CCC(=O)CC(C)(C)C)NC(=O)OCC2c3ccccc3-c3ccccc32)(c2ccccc2)c2ccccc2Cl)cc1.NC(=O)OCC1c2ccccc2-c2ccccc21. The number of benzene rings is 10. The number of aryl methyl sites for hydroxylation is 2.